The van der Waals surface area contributed by atoms with Crippen molar-refractivity contribution in [2.24, 2.45) is 0 Å². The van der Waals surface area contributed by atoms with Gasteiger partial charge in [0.25, 0.3) is 5.56 Å². The molecule has 1 unspecified atom stereocenters. The van der Waals surface area contributed by atoms with E-state index in [4.69, 9.17) is 0 Å². The van der Waals surface area contributed by atoms with Crippen LogP contribution in [0.4, 0.5) is 0 Å². The standard InChI is InChI=1S/C16H17BrN2O/c1-11-18-9-15(17)16(20)19(11)10-13-7-4-6-12-5-2-3-8-14(12)13/h2-3,5,8-9,13H,4,6-7,10H2,1H3. The topological polar surface area (TPSA) is 34.9 Å². The highest BCUT2D eigenvalue weighted by Crippen LogP contribution is 2.32. The minimum atomic E-state index is 0.0144. The number of benzene rings is 1. The highest BCUT2D eigenvalue weighted by Gasteiger charge is 2.21. The molecule has 1 aliphatic rings. The number of hydrogen-bond acceptors (Lipinski definition) is 2. The van der Waals surface area contributed by atoms with E-state index in [0.29, 0.717) is 16.9 Å². The molecule has 1 aliphatic carbocycles. The van der Waals surface area contributed by atoms with Crippen molar-refractivity contribution in [3.63, 3.8) is 0 Å². The summed E-state index contributed by atoms with van der Waals surface area (Å²) in [5, 5.41) is 0. The minimum Gasteiger partial charge on any atom is -0.295 e. The molecule has 0 fully saturated rings. The number of aromatic nitrogens is 2. The van der Waals surface area contributed by atoms with Crippen LogP contribution in [0.1, 0.15) is 35.7 Å². The third-order valence-corrected chi connectivity index (χ3v) is 4.65. The van der Waals surface area contributed by atoms with Crippen LogP contribution in [0.2, 0.25) is 0 Å². The summed E-state index contributed by atoms with van der Waals surface area (Å²) in [4.78, 5) is 16.5. The zero-order chi connectivity index (χ0) is 14.1. The van der Waals surface area contributed by atoms with E-state index in [1.165, 1.54) is 17.5 Å². The minimum absolute atomic E-state index is 0.0144. The van der Waals surface area contributed by atoms with Crippen LogP contribution in [-0.2, 0) is 13.0 Å². The van der Waals surface area contributed by atoms with Crippen LogP contribution in [0, 0.1) is 6.92 Å². The zero-order valence-electron chi connectivity index (χ0n) is 11.5. The molecule has 0 saturated heterocycles. The first-order chi connectivity index (χ1) is 9.66. The summed E-state index contributed by atoms with van der Waals surface area (Å²) in [6.07, 6.45) is 5.06. The van der Waals surface area contributed by atoms with Crippen molar-refractivity contribution in [2.75, 3.05) is 0 Å². The molecular formula is C16H17BrN2O. The fraction of sp³-hybridized carbons (Fsp3) is 0.375. The summed E-state index contributed by atoms with van der Waals surface area (Å²) in [5.41, 5.74) is 2.84. The molecule has 0 aliphatic heterocycles. The molecule has 20 heavy (non-hydrogen) atoms. The highest BCUT2D eigenvalue weighted by molar-refractivity contribution is 9.10. The molecule has 1 heterocycles. The van der Waals surface area contributed by atoms with Gasteiger partial charge in [0.15, 0.2) is 0 Å². The van der Waals surface area contributed by atoms with Crippen LogP contribution >= 0.6 is 15.9 Å². The van der Waals surface area contributed by atoms with E-state index < -0.39 is 0 Å². The summed E-state index contributed by atoms with van der Waals surface area (Å²) in [5.74, 6) is 1.19. The first-order valence-electron chi connectivity index (χ1n) is 6.96. The molecule has 2 aromatic rings. The predicted octanol–water partition coefficient (Wildman–Crippen LogP) is 3.43. The Kier molecular flexibility index (Phi) is 3.74. The molecule has 4 heteroatoms. The fourth-order valence-corrected chi connectivity index (χ4v) is 3.35. The van der Waals surface area contributed by atoms with Gasteiger partial charge in [-0.3, -0.25) is 9.36 Å². The molecule has 0 bridgehead atoms. The van der Waals surface area contributed by atoms with Gasteiger partial charge in [-0.1, -0.05) is 24.3 Å². The molecule has 3 nitrogen and oxygen atoms in total. The van der Waals surface area contributed by atoms with Crippen molar-refractivity contribution in [2.45, 2.75) is 38.6 Å². The lowest BCUT2D eigenvalue weighted by atomic mass is 9.83. The molecule has 0 saturated carbocycles. The highest BCUT2D eigenvalue weighted by atomic mass is 79.9. The number of nitrogens with zero attached hydrogens (tertiary/aromatic N) is 2. The van der Waals surface area contributed by atoms with Crippen molar-refractivity contribution in [1.29, 1.82) is 0 Å². The van der Waals surface area contributed by atoms with E-state index in [1.54, 1.807) is 10.8 Å². The van der Waals surface area contributed by atoms with Crippen LogP contribution in [0.25, 0.3) is 0 Å². The van der Waals surface area contributed by atoms with Crippen molar-refractivity contribution >= 4 is 15.9 Å². The lowest BCUT2D eigenvalue weighted by molar-refractivity contribution is 0.464. The Hall–Kier alpha value is -1.42. The Morgan fingerprint density at radius 1 is 1.40 bits per heavy atom. The van der Waals surface area contributed by atoms with E-state index in [0.717, 1.165) is 18.7 Å². The van der Waals surface area contributed by atoms with Gasteiger partial charge in [-0.25, -0.2) is 4.98 Å². The number of hydrogen-bond donors (Lipinski definition) is 0. The summed E-state index contributed by atoms with van der Waals surface area (Å²) in [6.45, 7) is 2.61. The molecule has 1 aromatic carbocycles. The second-order valence-electron chi connectivity index (χ2n) is 5.36. The molecule has 104 valence electrons. The molecule has 1 aromatic heterocycles. The number of aryl methyl sites for hydroxylation is 2. The van der Waals surface area contributed by atoms with E-state index in [9.17, 15) is 4.79 Å². The van der Waals surface area contributed by atoms with Gasteiger partial charge in [0.05, 0.1) is 0 Å². The number of rotatable bonds is 2. The van der Waals surface area contributed by atoms with Crippen molar-refractivity contribution < 1.29 is 0 Å². The smallest absolute Gasteiger partial charge is 0.267 e. The van der Waals surface area contributed by atoms with Crippen LogP contribution in [0.15, 0.2) is 39.7 Å². The lowest BCUT2D eigenvalue weighted by Crippen LogP contribution is -2.28. The lowest BCUT2D eigenvalue weighted by Gasteiger charge is -2.26. The van der Waals surface area contributed by atoms with Gasteiger partial charge in [0.2, 0.25) is 0 Å². The molecular weight excluding hydrogens is 316 g/mol. The van der Waals surface area contributed by atoms with Gasteiger partial charge in [0, 0.05) is 18.7 Å². The Balaban J connectivity index is 1.98. The maximum atomic E-state index is 12.3. The quantitative estimate of drug-likeness (QED) is 0.844. The SMILES string of the molecule is Cc1ncc(Br)c(=O)n1CC1CCCc2ccccc21. The maximum Gasteiger partial charge on any atom is 0.267 e. The van der Waals surface area contributed by atoms with Gasteiger partial charge in [-0.15, -0.1) is 0 Å². The zero-order valence-corrected chi connectivity index (χ0v) is 13.1. The Labute approximate surface area is 126 Å². The van der Waals surface area contributed by atoms with Gasteiger partial charge < -0.3 is 0 Å². The van der Waals surface area contributed by atoms with Gasteiger partial charge in [-0.2, -0.15) is 0 Å². The second-order valence-corrected chi connectivity index (χ2v) is 6.21. The first-order valence-corrected chi connectivity index (χ1v) is 7.76. The second kappa shape index (κ2) is 5.52. The first kappa shape index (κ1) is 13.6. The van der Waals surface area contributed by atoms with Crippen molar-refractivity contribution in [3.8, 4) is 0 Å². The van der Waals surface area contributed by atoms with Gasteiger partial charge in [0.1, 0.15) is 10.3 Å². The Morgan fingerprint density at radius 2 is 2.20 bits per heavy atom. The van der Waals surface area contributed by atoms with Gasteiger partial charge >= 0.3 is 0 Å². The van der Waals surface area contributed by atoms with Crippen LogP contribution < -0.4 is 5.56 Å². The molecule has 3 rings (SSSR count). The molecule has 0 radical (unpaired) electrons. The maximum absolute atomic E-state index is 12.3. The van der Waals surface area contributed by atoms with Crippen molar-refractivity contribution in [1.82, 2.24) is 9.55 Å². The monoisotopic (exact) mass is 332 g/mol. The summed E-state index contributed by atoms with van der Waals surface area (Å²) >= 11 is 3.28. The van der Waals surface area contributed by atoms with Crippen LogP contribution in [0.3, 0.4) is 0 Å². The molecule has 0 amide bonds. The van der Waals surface area contributed by atoms with E-state index in [2.05, 4.69) is 45.2 Å². The predicted molar refractivity (Wildman–Crippen MR) is 83.1 cm³/mol. The third kappa shape index (κ3) is 2.44. The fourth-order valence-electron chi connectivity index (χ4n) is 3.03. The number of halogens is 1. The summed E-state index contributed by atoms with van der Waals surface area (Å²) in [7, 11) is 0. The van der Waals surface area contributed by atoms with Crippen molar-refractivity contribution in [3.05, 3.63) is 62.2 Å². The van der Waals surface area contributed by atoms with E-state index in [-0.39, 0.29) is 5.56 Å². The normalized spacial score (nSPS) is 17.8. The summed E-state index contributed by atoms with van der Waals surface area (Å²) < 4.78 is 2.32. The summed E-state index contributed by atoms with van der Waals surface area (Å²) in [6, 6.07) is 8.59. The Morgan fingerprint density at radius 3 is 3.05 bits per heavy atom. The molecule has 1 atom stereocenters. The Bertz CT molecular complexity index is 693. The van der Waals surface area contributed by atoms with Gasteiger partial charge in [-0.05, 0) is 53.2 Å². The average Bonchev–Trinajstić information content (AvgIpc) is 2.48. The van der Waals surface area contributed by atoms with E-state index >= 15 is 0 Å². The third-order valence-electron chi connectivity index (χ3n) is 4.10. The average molecular weight is 333 g/mol. The molecule has 0 spiro atoms. The van der Waals surface area contributed by atoms with Crippen LogP contribution in [0.5, 0.6) is 0 Å². The number of fused-ring (bicyclic) bond motifs is 1. The largest absolute Gasteiger partial charge is 0.295 e. The van der Waals surface area contributed by atoms with E-state index in [1.807, 2.05) is 6.92 Å². The van der Waals surface area contributed by atoms with Crippen LogP contribution in [-0.4, -0.2) is 9.55 Å². The molecule has 0 N–H and O–H groups in total.